The number of nitrogens with zero attached hydrogens (tertiary/aromatic N) is 14. The summed E-state index contributed by atoms with van der Waals surface area (Å²) < 4.78 is 0. The highest BCUT2D eigenvalue weighted by Gasteiger charge is 2.59. The van der Waals surface area contributed by atoms with Crippen LogP contribution in [0.25, 0.3) is 0 Å². The van der Waals surface area contributed by atoms with Crippen molar-refractivity contribution >= 4 is 47.1 Å². The van der Waals surface area contributed by atoms with Crippen LogP contribution < -0.4 is 0 Å². The minimum Gasteiger partial charge on any atom is -0.295 e. The van der Waals surface area contributed by atoms with Gasteiger partial charge in [-0.05, 0) is 203 Å². The van der Waals surface area contributed by atoms with Crippen molar-refractivity contribution in [3.8, 4) is 0 Å². The van der Waals surface area contributed by atoms with E-state index in [-0.39, 0.29) is 155 Å². The van der Waals surface area contributed by atoms with E-state index >= 15 is 0 Å². The lowest BCUT2D eigenvalue weighted by molar-refractivity contribution is -0.148. The van der Waals surface area contributed by atoms with Gasteiger partial charge in [-0.3, -0.25) is 58.4 Å². The Morgan fingerprint density at radius 3 is 1.09 bits per heavy atom. The highest BCUT2D eigenvalue weighted by atomic mass is 16.2. The van der Waals surface area contributed by atoms with Crippen LogP contribution in [0.15, 0.2) is 50.9 Å². The van der Waals surface area contributed by atoms with Crippen LogP contribution in [0.2, 0.25) is 0 Å². The van der Waals surface area contributed by atoms with Crippen molar-refractivity contribution in [2.24, 2.45) is 122 Å². The summed E-state index contributed by atoms with van der Waals surface area (Å²) in [6, 6.07) is 0.488. The molecule has 24 atom stereocenters. The third-order valence-corrected chi connectivity index (χ3v) is 25.7. The number of hydrogen-bond donors (Lipinski definition) is 0. The number of aliphatic imine (C=N–C) groups is 2. The van der Waals surface area contributed by atoms with Crippen molar-refractivity contribution in [3.63, 3.8) is 0 Å². The van der Waals surface area contributed by atoms with Crippen LogP contribution in [0.5, 0.6) is 0 Å². The maximum absolute atomic E-state index is 14.2. The van der Waals surface area contributed by atoms with Gasteiger partial charge in [0, 0.05) is 29.8 Å². The predicted molar refractivity (Wildman–Crippen MR) is 319 cm³/mol. The van der Waals surface area contributed by atoms with Crippen LogP contribution in [-0.2, 0) is 28.8 Å². The standard InChI is InChI=1S/C66H94N14O6/c1-33-5-7-37(25-35(33)3)69-72-40-9-19-47-52(28-40)66(86)80-58-32-44(13-23-55(58)67-59(47)80)76-75-43-14-24-57-56(31-43)68-60-51-27-39(10-20-48(51)63(83)79(57)60)71-74-42-12-22-50-54(30-42)65(85)78(62(50)82)46-17-15-45(16-18-46)77-61(81)49-21-11-41(29-53(49)64(77)84)73-70-38-8-6-34(2)36(4)26-38/h33-58H,5-32H2,1-4H3. The van der Waals surface area contributed by atoms with E-state index in [1.54, 1.807) is 9.80 Å². The van der Waals surface area contributed by atoms with E-state index in [9.17, 15) is 28.8 Å². The molecule has 0 N–H and O–H groups in total. The first-order valence-corrected chi connectivity index (χ1v) is 34.9. The van der Waals surface area contributed by atoms with Gasteiger partial charge < -0.3 is 0 Å². The molecule has 24 unspecified atom stereocenters. The van der Waals surface area contributed by atoms with Crippen molar-refractivity contribution in [2.75, 3.05) is 0 Å². The van der Waals surface area contributed by atoms with Crippen molar-refractivity contribution < 1.29 is 28.8 Å². The summed E-state index contributed by atoms with van der Waals surface area (Å²) in [6.45, 7) is 9.30. The monoisotopic (exact) mass is 1180 g/mol. The van der Waals surface area contributed by atoms with E-state index in [4.69, 9.17) is 50.9 Å². The van der Waals surface area contributed by atoms with Gasteiger partial charge in [-0.1, -0.05) is 27.7 Å². The molecule has 0 spiro atoms. The second-order valence-corrected chi connectivity index (χ2v) is 30.6. The number of likely N-dealkylation sites (tertiary alicyclic amines) is 2. The molecule has 9 aliphatic carbocycles. The number of carbonyl (C=O) groups excluding carboxylic acids is 6. The molecular weight excluding hydrogens is 1080 g/mol. The normalized spacial score (nSPS) is 47.6. The third-order valence-electron chi connectivity index (χ3n) is 25.7. The molecule has 4 saturated heterocycles. The van der Waals surface area contributed by atoms with Crippen molar-refractivity contribution in [1.82, 2.24) is 19.6 Å². The zero-order valence-electron chi connectivity index (χ0n) is 51.5. The molecule has 15 aliphatic rings. The second-order valence-electron chi connectivity index (χ2n) is 30.6. The predicted octanol–water partition coefficient (Wildman–Crippen LogP) is 10.7. The molecule has 0 bridgehead atoms. The summed E-state index contributed by atoms with van der Waals surface area (Å²) in [5, 5.41) is 39.1. The number of amides is 6. The lowest BCUT2D eigenvalue weighted by Crippen LogP contribution is -2.48. The van der Waals surface area contributed by atoms with Gasteiger partial charge in [0.05, 0.1) is 102 Å². The van der Waals surface area contributed by atoms with E-state index in [1.807, 2.05) is 0 Å². The first kappa shape index (κ1) is 57.4. The van der Waals surface area contributed by atoms with E-state index in [1.165, 1.54) is 12.8 Å². The number of rotatable bonds is 10. The van der Waals surface area contributed by atoms with E-state index < -0.39 is 5.92 Å². The number of fused-ring (bicyclic) bond motifs is 12. The highest BCUT2D eigenvalue weighted by Crippen LogP contribution is 2.51. The maximum atomic E-state index is 14.2. The Hall–Kier alpha value is -5.04. The average Bonchev–Trinajstić information content (AvgIpc) is 1.74. The summed E-state index contributed by atoms with van der Waals surface area (Å²) >= 11 is 0. The second kappa shape index (κ2) is 23.1. The number of hydrogen-bond acceptors (Lipinski definition) is 16. The van der Waals surface area contributed by atoms with Gasteiger partial charge >= 0.3 is 0 Å². The molecular formula is C66H94N14O6. The van der Waals surface area contributed by atoms with Crippen molar-refractivity contribution in [2.45, 2.75) is 292 Å². The third kappa shape index (κ3) is 10.2. The smallest absolute Gasteiger partial charge is 0.233 e. The molecule has 6 heterocycles. The summed E-state index contributed by atoms with van der Waals surface area (Å²) in [7, 11) is 0. The number of imide groups is 2. The van der Waals surface area contributed by atoms with Crippen LogP contribution in [-0.4, -0.2) is 151 Å². The molecule has 15 rings (SSSR count). The summed E-state index contributed by atoms with van der Waals surface area (Å²) in [4.78, 5) is 102. The maximum Gasteiger partial charge on any atom is 0.233 e. The summed E-state index contributed by atoms with van der Waals surface area (Å²) in [6.07, 6.45) is 23.1. The van der Waals surface area contributed by atoms with Gasteiger partial charge in [-0.2, -0.15) is 40.9 Å². The van der Waals surface area contributed by atoms with E-state index in [2.05, 4.69) is 37.5 Å². The quantitative estimate of drug-likeness (QED) is 0.152. The molecule has 86 heavy (non-hydrogen) atoms. The molecule has 20 nitrogen and oxygen atoms in total. The minimum atomic E-state index is -0.406. The number of carbonyl (C=O) groups is 6. The zero-order chi connectivity index (χ0) is 58.8. The topological polar surface area (TPSA) is 239 Å². The van der Waals surface area contributed by atoms with Crippen LogP contribution in [0, 0.1) is 71.0 Å². The molecule has 20 heteroatoms. The SMILES string of the molecule is CC1CCC(N=NC2CCC3C(=O)N(C4CCC(N5C(=O)C6CCC(N=NC7CCC8C(=O)N9C(=NC%10CC(N=NC%11CCC%12N=C%13C%14CCC(N=NC%15CCC(C)C(C)C%15)CC%14C(=O)N%13C%12C%11)CCC%109)C8C7)CC6C5=O)CC4)C(=O)C3C2)CC1C. The summed E-state index contributed by atoms with van der Waals surface area (Å²) in [5.74, 6) is 3.72. The molecule has 0 aromatic heterocycles. The first-order chi connectivity index (χ1) is 41.7. The minimum absolute atomic E-state index is 0.00976. The van der Waals surface area contributed by atoms with Gasteiger partial charge in [-0.25, -0.2) is 0 Å². The fourth-order valence-electron chi connectivity index (χ4n) is 20.1. The Balaban J connectivity index is 0.514. The zero-order valence-corrected chi connectivity index (χ0v) is 51.5. The molecule has 0 aromatic rings. The summed E-state index contributed by atoms with van der Waals surface area (Å²) in [5.41, 5.74) is 0. The Morgan fingerprint density at radius 2 is 0.593 bits per heavy atom. The van der Waals surface area contributed by atoms with Gasteiger partial charge in [0.25, 0.3) is 0 Å². The lowest BCUT2D eigenvalue weighted by atomic mass is 9.78. The fraction of sp³-hybridized carbons (Fsp3) is 0.879. The Kier molecular flexibility index (Phi) is 15.4. The van der Waals surface area contributed by atoms with E-state index in [0.717, 1.165) is 133 Å². The Bertz CT molecular complexity index is 2900. The molecule has 0 aromatic carbocycles. The fourth-order valence-corrected chi connectivity index (χ4v) is 20.1. The van der Waals surface area contributed by atoms with Crippen LogP contribution >= 0.6 is 0 Å². The van der Waals surface area contributed by atoms with Crippen molar-refractivity contribution in [3.05, 3.63) is 0 Å². The molecule has 9 saturated carbocycles. The van der Waals surface area contributed by atoms with Gasteiger partial charge in [0.2, 0.25) is 35.4 Å². The largest absolute Gasteiger partial charge is 0.295 e. The van der Waals surface area contributed by atoms with Crippen LogP contribution in [0.3, 0.4) is 0 Å². The van der Waals surface area contributed by atoms with Crippen LogP contribution in [0.4, 0.5) is 0 Å². The molecule has 13 fully saturated rings. The highest BCUT2D eigenvalue weighted by molar-refractivity contribution is 6.10. The van der Waals surface area contributed by atoms with Gasteiger partial charge in [0.1, 0.15) is 11.7 Å². The first-order valence-electron chi connectivity index (χ1n) is 34.9. The number of azo groups is 4. The lowest BCUT2D eigenvalue weighted by Gasteiger charge is -2.37. The van der Waals surface area contributed by atoms with E-state index in [0.29, 0.717) is 75.7 Å². The van der Waals surface area contributed by atoms with Crippen molar-refractivity contribution in [1.29, 1.82) is 0 Å². The molecule has 6 amide bonds. The molecule has 464 valence electrons. The average molecular weight is 1180 g/mol. The Labute approximate surface area is 507 Å². The van der Waals surface area contributed by atoms with Gasteiger partial charge in [-0.15, -0.1) is 0 Å². The van der Waals surface area contributed by atoms with Gasteiger partial charge in [0.15, 0.2) is 0 Å². The molecule has 6 aliphatic heterocycles. The number of amidine groups is 2. The van der Waals surface area contributed by atoms with Crippen LogP contribution in [0.1, 0.15) is 207 Å². The molecule has 0 radical (unpaired) electrons. The Morgan fingerprint density at radius 1 is 0.267 bits per heavy atom.